The normalized spacial score (nSPS) is 10.5. The van der Waals surface area contributed by atoms with Crippen LogP contribution in [0.2, 0.25) is 0 Å². The number of rotatable bonds is 4. The number of aromatic amines is 1. The average Bonchev–Trinajstić information content (AvgIpc) is 2.32. The molecule has 1 heterocycles. The van der Waals surface area contributed by atoms with Gasteiger partial charge in [-0.2, -0.15) is 0 Å². The molecular weight excluding hydrogens is 249 g/mol. The van der Waals surface area contributed by atoms with Gasteiger partial charge in [0, 0.05) is 13.2 Å². The maximum atomic E-state index is 13.7. The molecule has 1 aromatic carbocycles. The number of anilines is 2. The van der Waals surface area contributed by atoms with Crippen LogP contribution < -0.4 is 10.9 Å². The van der Waals surface area contributed by atoms with Gasteiger partial charge in [0.1, 0.15) is 5.82 Å². The van der Waals surface area contributed by atoms with Crippen LogP contribution >= 0.6 is 0 Å². The molecule has 0 aliphatic heterocycles. The summed E-state index contributed by atoms with van der Waals surface area (Å²) in [6.07, 6.45) is 0. The lowest BCUT2D eigenvalue weighted by atomic mass is 10.2. The third-order valence-corrected chi connectivity index (χ3v) is 2.46. The van der Waals surface area contributed by atoms with E-state index in [1.807, 2.05) is 0 Å². The van der Waals surface area contributed by atoms with Crippen molar-refractivity contribution in [1.29, 1.82) is 0 Å². The van der Waals surface area contributed by atoms with E-state index in [0.717, 1.165) is 5.56 Å². The number of aromatic nitrogens is 2. The van der Waals surface area contributed by atoms with E-state index in [2.05, 4.69) is 15.3 Å². The molecule has 5 nitrogen and oxygen atoms in total. The van der Waals surface area contributed by atoms with Gasteiger partial charge in [-0.15, -0.1) is 0 Å². The van der Waals surface area contributed by atoms with E-state index in [1.165, 1.54) is 19.2 Å². The van der Waals surface area contributed by atoms with Crippen molar-refractivity contribution < 1.29 is 9.13 Å². The molecular formula is C13H14FN3O2. The summed E-state index contributed by atoms with van der Waals surface area (Å²) >= 11 is 0. The van der Waals surface area contributed by atoms with Gasteiger partial charge in [0.25, 0.3) is 5.56 Å². The van der Waals surface area contributed by atoms with E-state index in [1.54, 1.807) is 19.1 Å². The summed E-state index contributed by atoms with van der Waals surface area (Å²) < 4.78 is 18.6. The third-order valence-electron chi connectivity index (χ3n) is 2.46. The van der Waals surface area contributed by atoms with Gasteiger partial charge >= 0.3 is 0 Å². The maximum Gasteiger partial charge on any atom is 0.252 e. The third kappa shape index (κ3) is 3.38. The van der Waals surface area contributed by atoms with Crippen LogP contribution in [0.15, 0.2) is 29.1 Å². The summed E-state index contributed by atoms with van der Waals surface area (Å²) in [4.78, 5) is 18.1. The topological polar surface area (TPSA) is 67.0 Å². The van der Waals surface area contributed by atoms with E-state index < -0.39 is 5.82 Å². The van der Waals surface area contributed by atoms with Crippen LogP contribution in [0, 0.1) is 12.7 Å². The summed E-state index contributed by atoms with van der Waals surface area (Å²) in [7, 11) is 1.51. The minimum Gasteiger partial charge on any atom is -0.378 e. The zero-order valence-electron chi connectivity index (χ0n) is 10.7. The monoisotopic (exact) mass is 263 g/mol. The Bertz CT molecular complexity index is 640. The molecule has 0 aliphatic carbocycles. The predicted octanol–water partition coefficient (Wildman–Crippen LogP) is 2.11. The molecule has 1 aromatic heterocycles. The van der Waals surface area contributed by atoms with Crippen molar-refractivity contribution in [2.75, 3.05) is 12.4 Å². The second kappa shape index (κ2) is 5.62. The van der Waals surface area contributed by atoms with Gasteiger partial charge < -0.3 is 10.1 Å². The van der Waals surface area contributed by atoms with Gasteiger partial charge in [-0.3, -0.25) is 9.78 Å². The lowest BCUT2D eigenvalue weighted by Crippen LogP contribution is -2.12. The molecule has 0 radical (unpaired) electrons. The Morgan fingerprint density at radius 1 is 1.42 bits per heavy atom. The first-order valence-electron chi connectivity index (χ1n) is 5.71. The number of nitrogens with one attached hydrogen (secondary N) is 2. The smallest absolute Gasteiger partial charge is 0.252 e. The van der Waals surface area contributed by atoms with Gasteiger partial charge in [0.15, 0.2) is 0 Å². The molecule has 0 saturated carbocycles. The SMILES string of the molecule is COCc1cc(=O)[nH]c(Nc2ccc(C)cc2F)n1. The summed E-state index contributed by atoms with van der Waals surface area (Å²) in [6, 6.07) is 6.09. The second-order valence-corrected chi connectivity index (χ2v) is 4.13. The summed E-state index contributed by atoms with van der Waals surface area (Å²) in [5.74, 6) is -0.220. The molecule has 0 atom stereocenters. The Kier molecular flexibility index (Phi) is 3.91. The average molecular weight is 263 g/mol. The molecule has 0 saturated heterocycles. The van der Waals surface area contributed by atoms with Crippen molar-refractivity contribution in [2.24, 2.45) is 0 Å². The van der Waals surface area contributed by atoms with Gasteiger partial charge in [0.2, 0.25) is 5.95 Å². The van der Waals surface area contributed by atoms with Crippen molar-refractivity contribution >= 4 is 11.6 Å². The summed E-state index contributed by atoms with van der Waals surface area (Å²) in [5, 5.41) is 2.74. The van der Waals surface area contributed by atoms with E-state index in [9.17, 15) is 9.18 Å². The standard InChI is InChI=1S/C13H14FN3O2/c1-8-3-4-11(10(14)5-8)16-13-15-9(7-19-2)6-12(18)17-13/h3-6H,7H2,1-2H3,(H2,15,16,17,18). The number of H-pyrrole nitrogens is 1. The van der Waals surface area contributed by atoms with E-state index in [0.29, 0.717) is 5.69 Å². The number of aryl methyl sites for hydroxylation is 1. The molecule has 6 heteroatoms. The lowest BCUT2D eigenvalue weighted by molar-refractivity contribution is 0.181. The number of nitrogens with zero attached hydrogens (tertiary/aromatic N) is 1. The Morgan fingerprint density at radius 2 is 2.21 bits per heavy atom. The van der Waals surface area contributed by atoms with Gasteiger partial charge in [0.05, 0.1) is 18.0 Å². The van der Waals surface area contributed by atoms with Crippen molar-refractivity contribution in [3.63, 3.8) is 0 Å². The molecule has 2 aromatic rings. The predicted molar refractivity (Wildman–Crippen MR) is 70.0 cm³/mol. The fourth-order valence-electron chi connectivity index (χ4n) is 1.64. The van der Waals surface area contributed by atoms with Crippen LogP contribution in [0.25, 0.3) is 0 Å². The summed E-state index contributed by atoms with van der Waals surface area (Å²) in [5.41, 5.74) is 1.22. The fourth-order valence-corrected chi connectivity index (χ4v) is 1.64. The zero-order valence-corrected chi connectivity index (χ0v) is 10.7. The highest BCUT2D eigenvalue weighted by molar-refractivity contribution is 5.54. The number of hydrogen-bond donors (Lipinski definition) is 2. The molecule has 0 fully saturated rings. The quantitative estimate of drug-likeness (QED) is 0.886. The van der Waals surface area contributed by atoms with Crippen LogP contribution in [0.3, 0.4) is 0 Å². The minimum atomic E-state index is -0.403. The molecule has 2 N–H and O–H groups in total. The van der Waals surface area contributed by atoms with Crippen LogP contribution in [0.1, 0.15) is 11.3 Å². The number of ether oxygens (including phenoxy) is 1. The first-order valence-corrected chi connectivity index (χ1v) is 5.71. The molecule has 0 bridgehead atoms. The molecule has 19 heavy (non-hydrogen) atoms. The Morgan fingerprint density at radius 3 is 2.89 bits per heavy atom. The molecule has 2 rings (SSSR count). The van der Waals surface area contributed by atoms with Gasteiger partial charge in [-0.1, -0.05) is 6.07 Å². The van der Waals surface area contributed by atoms with Gasteiger partial charge in [-0.25, -0.2) is 9.37 Å². The van der Waals surface area contributed by atoms with Crippen molar-refractivity contribution in [3.8, 4) is 0 Å². The molecule has 0 spiro atoms. The Balaban J connectivity index is 2.30. The molecule has 0 aliphatic rings. The minimum absolute atomic E-state index is 0.183. The van der Waals surface area contributed by atoms with E-state index >= 15 is 0 Å². The van der Waals surface area contributed by atoms with Crippen LogP contribution in [-0.2, 0) is 11.3 Å². The van der Waals surface area contributed by atoms with Crippen molar-refractivity contribution in [1.82, 2.24) is 9.97 Å². The Hall–Kier alpha value is -2.21. The second-order valence-electron chi connectivity index (χ2n) is 4.13. The molecule has 0 unspecified atom stereocenters. The van der Waals surface area contributed by atoms with Crippen molar-refractivity contribution in [2.45, 2.75) is 13.5 Å². The first kappa shape index (κ1) is 13.2. The van der Waals surface area contributed by atoms with E-state index in [-0.39, 0.29) is 23.8 Å². The Labute approximate surface area is 109 Å². The zero-order chi connectivity index (χ0) is 13.8. The molecule has 100 valence electrons. The first-order chi connectivity index (χ1) is 9.08. The highest BCUT2D eigenvalue weighted by Crippen LogP contribution is 2.18. The number of halogens is 1. The molecule has 0 amide bonds. The maximum absolute atomic E-state index is 13.7. The van der Waals surface area contributed by atoms with Crippen LogP contribution in [0.4, 0.5) is 16.0 Å². The number of methoxy groups -OCH3 is 1. The van der Waals surface area contributed by atoms with E-state index in [4.69, 9.17) is 4.74 Å². The highest BCUT2D eigenvalue weighted by Gasteiger charge is 2.05. The largest absolute Gasteiger partial charge is 0.378 e. The van der Waals surface area contributed by atoms with Crippen LogP contribution in [-0.4, -0.2) is 17.1 Å². The lowest BCUT2D eigenvalue weighted by Gasteiger charge is -2.08. The number of hydrogen-bond acceptors (Lipinski definition) is 4. The summed E-state index contributed by atoms with van der Waals surface area (Å²) in [6.45, 7) is 2.02. The fraction of sp³-hybridized carbons (Fsp3) is 0.231. The van der Waals surface area contributed by atoms with Gasteiger partial charge in [-0.05, 0) is 24.6 Å². The van der Waals surface area contributed by atoms with Crippen molar-refractivity contribution in [3.05, 3.63) is 51.7 Å². The van der Waals surface area contributed by atoms with Crippen LogP contribution in [0.5, 0.6) is 0 Å². The number of benzene rings is 1. The highest BCUT2D eigenvalue weighted by atomic mass is 19.1.